The average molecular weight is 417 g/mol. The number of carbonyl (C=O) groups excluding carboxylic acids is 1. The Morgan fingerprint density at radius 2 is 1.77 bits per heavy atom. The molecule has 4 rings (SSSR count). The van der Waals surface area contributed by atoms with Crippen LogP contribution in [0.3, 0.4) is 0 Å². The fourth-order valence-corrected chi connectivity index (χ4v) is 4.09. The molecule has 0 aliphatic carbocycles. The third-order valence-corrected chi connectivity index (χ3v) is 5.87. The maximum absolute atomic E-state index is 13.6. The molecule has 4 aromatic rings. The lowest BCUT2D eigenvalue weighted by molar-refractivity contribution is 0.0756. The predicted molar refractivity (Wildman–Crippen MR) is 125 cm³/mol. The van der Waals surface area contributed by atoms with Crippen molar-refractivity contribution < 1.29 is 4.79 Å². The number of nitrogens with zero attached hydrogens (tertiary/aromatic N) is 4. The Morgan fingerprint density at radius 3 is 2.45 bits per heavy atom. The van der Waals surface area contributed by atoms with E-state index in [4.69, 9.17) is 0 Å². The minimum absolute atomic E-state index is 0.141. The first kappa shape index (κ1) is 20.8. The average Bonchev–Trinajstić information content (AvgIpc) is 3.09. The van der Waals surface area contributed by atoms with E-state index in [1.807, 2.05) is 78.9 Å². The summed E-state index contributed by atoms with van der Waals surface area (Å²) in [7, 11) is 1.87. The molecular formula is C25H28N4O2. The van der Waals surface area contributed by atoms with Gasteiger partial charge in [-0.2, -0.15) is 9.78 Å². The lowest BCUT2D eigenvalue weighted by atomic mass is 10.1. The second-order valence-electron chi connectivity index (χ2n) is 7.94. The van der Waals surface area contributed by atoms with Gasteiger partial charge in [0.1, 0.15) is 5.52 Å². The standard InChI is InChI=1S/C25H28N4O2/c1-5-7-16-28(6-2)24(30)22-21-19-10-8-9-11-20(19)27(4)23(21)25(31)29(26-22)18-14-12-17(3)13-15-18/h8-15H,5-7,16H2,1-4H3. The van der Waals surface area contributed by atoms with E-state index in [1.165, 1.54) is 4.68 Å². The summed E-state index contributed by atoms with van der Waals surface area (Å²) in [6.07, 6.45) is 1.93. The third-order valence-electron chi connectivity index (χ3n) is 5.87. The van der Waals surface area contributed by atoms with Gasteiger partial charge in [0.2, 0.25) is 0 Å². The number of rotatable bonds is 6. The first-order valence-electron chi connectivity index (χ1n) is 10.8. The summed E-state index contributed by atoms with van der Waals surface area (Å²) in [5.74, 6) is -0.141. The summed E-state index contributed by atoms with van der Waals surface area (Å²) in [5, 5.41) is 6.14. The Balaban J connectivity index is 2.06. The van der Waals surface area contributed by atoms with Crippen LogP contribution < -0.4 is 5.56 Å². The normalized spacial score (nSPS) is 11.4. The largest absolute Gasteiger partial charge is 0.339 e. The van der Waals surface area contributed by atoms with E-state index in [0.717, 1.165) is 29.3 Å². The van der Waals surface area contributed by atoms with Gasteiger partial charge in [-0.05, 0) is 38.5 Å². The van der Waals surface area contributed by atoms with Crippen molar-refractivity contribution in [2.45, 2.75) is 33.6 Å². The van der Waals surface area contributed by atoms with Gasteiger partial charge in [0, 0.05) is 36.4 Å². The van der Waals surface area contributed by atoms with Crippen LogP contribution >= 0.6 is 0 Å². The highest BCUT2D eigenvalue weighted by Crippen LogP contribution is 2.29. The Bertz CT molecular complexity index is 1320. The summed E-state index contributed by atoms with van der Waals surface area (Å²) in [6, 6.07) is 15.4. The highest BCUT2D eigenvalue weighted by Gasteiger charge is 2.25. The Hall–Kier alpha value is -3.41. The van der Waals surface area contributed by atoms with E-state index in [0.29, 0.717) is 35.4 Å². The molecule has 0 N–H and O–H groups in total. The molecule has 31 heavy (non-hydrogen) atoms. The summed E-state index contributed by atoms with van der Waals surface area (Å²) >= 11 is 0. The van der Waals surface area contributed by atoms with Gasteiger partial charge in [0.05, 0.1) is 5.69 Å². The van der Waals surface area contributed by atoms with Gasteiger partial charge in [-0.1, -0.05) is 49.2 Å². The van der Waals surface area contributed by atoms with Crippen molar-refractivity contribution in [1.82, 2.24) is 19.2 Å². The van der Waals surface area contributed by atoms with Crippen molar-refractivity contribution in [3.63, 3.8) is 0 Å². The molecule has 0 aliphatic heterocycles. The summed E-state index contributed by atoms with van der Waals surface area (Å²) < 4.78 is 3.24. The van der Waals surface area contributed by atoms with Crippen molar-refractivity contribution in [2.75, 3.05) is 13.1 Å². The summed E-state index contributed by atoms with van der Waals surface area (Å²) in [6.45, 7) is 7.34. The first-order valence-corrected chi connectivity index (χ1v) is 10.8. The van der Waals surface area contributed by atoms with Gasteiger partial charge in [-0.25, -0.2) is 0 Å². The minimum Gasteiger partial charge on any atom is -0.339 e. The van der Waals surface area contributed by atoms with Crippen LogP contribution in [0.5, 0.6) is 0 Å². The molecule has 2 aromatic heterocycles. The number of carbonyl (C=O) groups is 1. The van der Waals surface area contributed by atoms with Gasteiger partial charge in [-0.15, -0.1) is 0 Å². The molecule has 2 aromatic carbocycles. The predicted octanol–water partition coefficient (Wildman–Crippen LogP) is 4.45. The van der Waals surface area contributed by atoms with E-state index in [-0.39, 0.29) is 11.5 Å². The number of unbranched alkanes of at least 4 members (excludes halogenated alkanes) is 1. The molecule has 160 valence electrons. The molecule has 0 radical (unpaired) electrons. The number of hydrogen-bond acceptors (Lipinski definition) is 3. The number of aromatic nitrogens is 3. The molecule has 0 saturated carbocycles. The van der Waals surface area contributed by atoms with E-state index in [1.54, 1.807) is 0 Å². The van der Waals surface area contributed by atoms with E-state index in [2.05, 4.69) is 12.0 Å². The molecule has 0 saturated heterocycles. The number of benzene rings is 2. The minimum atomic E-state index is -0.231. The Morgan fingerprint density at radius 1 is 1.06 bits per heavy atom. The fraction of sp³-hybridized carbons (Fsp3) is 0.320. The number of fused-ring (bicyclic) bond motifs is 3. The van der Waals surface area contributed by atoms with Crippen molar-refractivity contribution in [3.05, 3.63) is 70.1 Å². The van der Waals surface area contributed by atoms with Crippen molar-refractivity contribution in [3.8, 4) is 5.69 Å². The van der Waals surface area contributed by atoms with Crippen LogP contribution in [0, 0.1) is 6.92 Å². The zero-order valence-corrected chi connectivity index (χ0v) is 18.6. The number of amides is 1. The zero-order chi connectivity index (χ0) is 22.1. The van der Waals surface area contributed by atoms with Crippen LogP contribution in [0.1, 0.15) is 42.7 Å². The van der Waals surface area contributed by atoms with Gasteiger partial charge in [-0.3, -0.25) is 9.59 Å². The highest BCUT2D eigenvalue weighted by molar-refractivity contribution is 6.16. The van der Waals surface area contributed by atoms with Crippen LogP contribution in [0.25, 0.3) is 27.5 Å². The van der Waals surface area contributed by atoms with Gasteiger partial charge in [0.25, 0.3) is 11.5 Å². The van der Waals surface area contributed by atoms with Crippen LogP contribution in [0.15, 0.2) is 53.3 Å². The zero-order valence-electron chi connectivity index (χ0n) is 18.6. The molecule has 0 spiro atoms. The summed E-state index contributed by atoms with van der Waals surface area (Å²) in [5.41, 5.74) is 3.23. The third kappa shape index (κ3) is 3.52. The van der Waals surface area contributed by atoms with Crippen LogP contribution in [-0.4, -0.2) is 38.2 Å². The molecule has 0 fully saturated rings. The quantitative estimate of drug-likeness (QED) is 0.467. The molecular weight excluding hydrogens is 388 g/mol. The van der Waals surface area contributed by atoms with Gasteiger partial charge in [0.15, 0.2) is 5.69 Å². The Kier molecular flexibility index (Phi) is 5.63. The molecule has 6 heteroatoms. The topological polar surface area (TPSA) is 60.1 Å². The van der Waals surface area contributed by atoms with Gasteiger partial charge < -0.3 is 9.47 Å². The Labute approximate surface area is 181 Å². The maximum Gasteiger partial charge on any atom is 0.296 e. The fourth-order valence-electron chi connectivity index (χ4n) is 4.09. The van der Waals surface area contributed by atoms with Crippen LogP contribution in [0.4, 0.5) is 0 Å². The second-order valence-corrected chi connectivity index (χ2v) is 7.94. The molecule has 0 bridgehead atoms. The lowest BCUT2D eigenvalue weighted by Gasteiger charge is -2.21. The molecule has 6 nitrogen and oxygen atoms in total. The van der Waals surface area contributed by atoms with Crippen molar-refractivity contribution in [1.29, 1.82) is 0 Å². The number of aryl methyl sites for hydroxylation is 2. The first-order chi connectivity index (χ1) is 15.0. The van der Waals surface area contributed by atoms with Crippen LogP contribution in [-0.2, 0) is 7.05 Å². The molecule has 0 aliphatic rings. The number of para-hydroxylation sites is 1. The highest BCUT2D eigenvalue weighted by atomic mass is 16.2. The smallest absolute Gasteiger partial charge is 0.296 e. The van der Waals surface area contributed by atoms with Crippen molar-refractivity contribution in [2.24, 2.45) is 7.05 Å². The van der Waals surface area contributed by atoms with E-state index >= 15 is 0 Å². The van der Waals surface area contributed by atoms with Crippen LogP contribution in [0.2, 0.25) is 0 Å². The SMILES string of the molecule is CCCCN(CC)C(=O)c1nn(-c2ccc(C)cc2)c(=O)c2c1c1ccccc1n2C. The molecule has 0 atom stereocenters. The molecule has 1 amide bonds. The monoisotopic (exact) mass is 416 g/mol. The summed E-state index contributed by atoms with van der Waals surface area (Å²) in [4.78, 5) is 29.0. The maximum atomic E-state index is 13.6. The van der Waals surface area contributed by atoms with E-state index in [9.17, 15) is 9.59 Å². The second kappa shape index (κ2) is 8.38. The van der Waals surface area contributed by atoms with E-state index < -0.39 is 0 Å². The number of hydrogen-bond donors (Lipinski definition) is 0. The van der Waals surface area contributed by atoms with Crippen molar-refractivity contribution >= 4 is 27.7 Å². The molecule has 2 heterocycles. The lowest BCUT2D eigenvalue weighted by Crippen LogP contribution is -2.35. The molecule has 0 unspecified atom stereocenters. The van der Waals surface area contributed by atoms with Gasteiger partial charge >= 0.3 is 0 Å².